The molecule has 1 heterocycles. The number of rotatable bonds is 3. The fourth-order valence-electron chi connectivity index (χ4n) is 2.21. The van der Waals surface area contributed by atoms with E-state index in [4.69, 9.17) is 23.1 Å². The highest BCUT2D eigenvalue weighted by Gasteiger charge is 2.33. The summed E-state index contributed by atoms with van der Waals surface area (Å²) in [6.45, 7) is 0. The van der Waals surface area contributed by atoms with E-state index < -0.39 is 16.8 Å². The van der Waals surface area contributed by atoms with Gasteiger partial charge in [0.25, 0.3) is 0 Å². The molecule has 10 heteroatoms. The number of azo groups is 1. The summed E-state index contributed by atoms with van der Waals surface area (Å²) in [6, 6.07) is 12.1. The fraction of sp³-hybridized carbons (Fsp3) is 0.0625. The Labute approximate surface area is 150 Å². The summed E-state index contributed by atoms with van der Waals surface area (Å²) >= 11 is 5.57. The van der Waals surface area contributed by atoms with Gasteiger partial charge in [-0.3, -0.25) is 0 Å². The van der Waals surface area contributed by atoms with Crippen LogP contribution in [-0.2, 0) is 6.18 Å². The molecular weight excluding hydrogens is 369 g/mol. The number of nitrogen functional groups attached to an aromatic ring is 2. The van der Waals surface area contributed by atoms with Crippen LogP contribution in [0.15, 0.2) is 58.8 Å². The number of aromatic nitrogens is 2. The second-order valence-corrected chi connectivity index (χ2v) is 5.64. The number of nitrogens with two attached hydrogens (primary N) is 2. The van der Waals surface area contributed by atoms with E-state index in [1.807, 2.05) is 6.07 Å². The Bertz CT molecular complexity index is 966. The number of halogens is 4. The molecule has 0 saturated heterocycles. The molecule has 1 aromatic heterocycles. The maximum Gasteiger partial charge on any atom is 0.417 e. The molecule has 0 bridgehead atoms. The molecule has 0 amide bonds. The molecule has 4 N–H and O–H groups in total. The molecule has 3 aromatic rings. The molecule has 0 fully saturated rings. The minimum Gasteiger partial charge on any atom is -0.382 e. The first-order chi connectivity index (χ1) is 12.3. The Morgan fingerprint density at radius 2 is 1.69 bits per heavy atom. The number of benzene rings is 2. The van der Waals surface area contributed by atoms with Gasteiger partial charge in [-0.05, 0) is 30.3 Å². The van der Waals surface area contributed by atoms with Gasteiger partial charge in [0.05, 0.1) is 22.0 Å². The molecule has 6 nitrogen and oxygen atoms in total. The monoisotopic (exact) mass is 380 g/mol. The number of hydrogen-bond acceptors (Lipinski definition) is 5. The average molecular weight is 381 g/mol. The van der Waals surface area contributed by atoms with E-state index >= 15 is 0 Å². The smallest absolute Gasteiger partial charge is 0.382 e. The number of anilines is 2. The van der Waals surface area contributed by atoms with Gasteiger partial charge in [-0.2, -0.15) is 18.3 Å². The summed E-state index contributed by atoms with van der Waals surface area (Å²) in [5.74, 6) is 0.113. The normalized spacial score (nSPS) is 12.0. The lowest BCUT2D eigenvalue weighted by molar-refractivity contribution is -0.137. The van der Waals surface area contributed by atoms with Gasteiger partial charge in [-0.15, -0.1) is 10.2 Å². The number of hydrogen-bond donors (Lipinski definition) is 2. The van der Waals surface area contributed by atoms with E-state index in [1.165, 1.54) is 10.7 Å². The number of alkyl halides is 3. The molecule has 0 aliphatic rings. The van der Waals surface area contributed by atoms with Crippen LogP contribution in [0.25, 0.3) is 5.69 Å². The Morgan fingerprint density at radius 3 is 2.35 bits per heavy atom. The van der Waals surface area contributed by atoms with Gasteiger partial charge in [0.2, 0.25) is 0 Å². The Morgan fingerprint density at radius 1 is 1.00 bits per heavy atom. The van der Waals surface area contributed by atoms with E-state index in [0.717, 1.165) is 12.1 Å². The Kier molecular flexibility index (Phi) is 4.56. The molecule has 0 unspecified atom stereocenters. The Balaban J connectivity index is 1.96. The zero-order chi connectivity index (χ0) is 18.9. The number of nitrogens with zero attached hydrogens (tertiary/aromatic N) is 4. The third-order valence-corrected chi connectivity index (χ3v) is 3.77. The lowest BCUT2D eigenvalue weighted by Gasteiger charge is -2.08. The highest BCUT2D eigenvalue weighted by atomic mass is 35.5. The molecule has 0 saturated carbocycles. The lowest BCUT2D eigenvalue weighted by Crippen LogP contribution is -2.05. The van der Waals surface area contributed by atoms with Crippen LogP contribution >= 0.6 is 11.6 Å². The molecule has 0 aliphatic carbocycles. The van der Waals surface area contributed by atoms with E-state index in [2.05, 4.69) is 15.3 Å². The molecule has 2 aromatic carbocycles. The SMILES string of the molecule is Nc1nn(-c2ccccc2)c(N)c1N=Nc1ccc(Cl)c(C(F)(F)F)c1. The first-order valence-corrected chi connectivity index (χ1v) is 7.63. The predicted octanol–water partition coefficient (Wildman–Crippen LogP) is 5.12. The maximum absolute atomic E-state index is 12.9. The van der Waals surface area contributed by atoms with Crippen LogP contribution in [0.1, 0.15) is 5.56 Å². The maximum atomic E-state index is 12.9. The van der Waals surface area contributed by atoms with Gasteiger partial charge in [-0.1, -0.05) is 29.8 Å². The molecule has 0 radical (unpaired) electrons. The third-order valence-electron chi connectivity index (χ3n) is 3.44. The zero-order valence-corrected chi connectivity index (χ0v) is 13.8. The van der Waals surface area contributed by atoms with Crippen molar-refractivity contribution in [2.24, 2.45) is 10.2 Å². The molecule has 3 rings (SSSR count). The molecule has 0 spiro atoms. The summed E-state index contributed by atoms with van der Waals surface area (Å²) in [5, 5.41) is 11.3. The van der Waals surface area contributed by atoms with E-state index in [1.54, 1.807) is 24.3 Å². The van der Waals surface area contributed by atoms with Crippen molar-refractivity contribution in [3.05, 3.63) is 59.1 Å². The van der Waals surface area contributed by atoms with Crippen molar-refractivity contribution < 1.29 is 13.2 Å². The topological polar surface area (TPSA) is 94.6 Å². The quantitative estimate of drug-likeness (QED) is 0.617. The summed E-state index contributed by atoms with van der Waals surface area (Å²) in [7, 11) is 0. The lowest BCUT2D eigenvalue weighted by atomic mass is 10.2. The van der Waals surface area contributed by atoms with Crippen LogP contribution in [0.5, 0.6) is 0 Å². The molecular formula is C16H12ClF3N6. The van der Waals surface area contributed by atoms with Crippen molar-refractivity contribution in [2.75, 3.05) is 11.5 Å². The minimum absolute atomic E-state index is 0.000103. The summed E-state index contributed by atoms with van der Waals surface area (Å²) in [5.41, 5.74) is 11.5. The number of para-hydroxylation sites is 1. The van der Waals surface area contributed by atoms with E-state index in [9.17, 15) is 13.2 Å². The van der Waals surface area contributed by atoms with Crippen molar-refractivity contribution in [3.8, 4) is 5.69 Å². The van der Waals surface area contributed by atoms with Crippen molar-refractivity contribution >= 4 is 34.6 Å². The highest BCUT2D eigenvalue weighted by molar-refractivity contribution is 6.31. The van der Waals surface area contributed by atoms with Crippen LogP contribution in [0.2, 0.25) is 5.02 Å². The van der Waals surface area contributed by atoms with Crippen LogP contribution < -0.4 is 11.5 Å². The minimum atomic E-state index is -4.60. The summed E-state index contributed by atoms with van der Waals surface area (Å²) in [6.07, 6.45) is -4.60. The van der Waals surface area contributed by atoms with Gasteiger partial charge in [0.15, 0.2) is 17.3 Å². The van der Waals surface area contributed by atoms with Gasteiger partial charge in [0, 0.05) is 0 Å². The Hall–Kier alpha value is -3.07. The first kappa shape index (κ1) is 17.7. The van der Waals surface area contributed by atoms with Crippen molar-refractivity contribution in [1.29, 1.82) is 0 Å². The second-order valence-electron chi connectivity index (χ2n) is 5.23. The first-order valence-electron chi connectivity index (χ1n) is 7.25. The van der Waals surface area contributed by atoms with Gasteiger partial charge in [0.1, 0.15) is 0 Å². The van der Waals surface area contributed by atoms with Crippen molar-refractivity contribution in [3.63, 3.8) is 0 Å². The summed E-state index contributed by atoms with van der Waals surface area (Å²) < 4.78 is 40.1. The van der Waals surface area contributed by atoms with Crippen LogP contribution in [-0.4, -0.2) is 9.78 Å². The molecule has 26 heavy (non-hydrogen) atoms. The van der Waals surface area contributed by atoms with E-state index in [0.29, 0.717) is 5.69 Å². The van der Waals surface area contributed by atoms with Gasteiger partial charge < -0.3 is 11.5 Å². The van der Waals surface area contributed by atoms with Crippen molar-refractivity contribution in [2.45, 2.75) is 6.18 Å². The second kappa shape index (κ2) is 6.68. The highest BCUT2D eigenvalue weighted by Crippen LogP contribution is 2.38. The molecule has 0 aliphatic heterocycles. The fourth-order valence-corrected chi connectivity index (χ4v) is 2.43. The molecule has 134 valence electrons. The van der Waals surface area contributed by atoms with Gasteiger partial charge >= 0.3 is 6.18 Å². The van der Waals surface area contributed by atoms with Gasteiger partial charge in [-0.25, -0.2) is 4.68 Å². The van der Waals surface area contributed by atoms with Crippen LogP contribution in [0.4, 0.5) is 36.2 Å². The van der Waals surface area contributed by atoms with E-state index in [-0.39, 0.29) is 23.0 Å². The standard InChI is InChI=1S/C16H12ClF3N6/c17-12-7-6-9(8-11(12)16(18,19)20)23-24-13-14(21)25-26(15(13)22)10-4-2-1-3-5-10/h1-8H,22H2,(H2,21,25). The third kappa shape index (κ3) is 3.47. The van der Waals surface area contributed by atoms with Crippen LogP contribution in [0.3, 0.4) is 0 Å². The largest absolute Gasteiger partial charge is 0.417 e. The summed E-state index contributed by atoms with van der Waals surface area (Å²) in [4.78, 5) is 0. The predicted molar refractivity (Wildman–Crippen MR) is 93.0 cm³/mol. The zero-order valence-electron chi connectivity index (χ0n) is 13.1. The van der Waals surface area contributed by atoms with Crippen molar-refractivity contribution in [1.82, 2.24) is 9.78 Å². The average Bonchev–Trinajstić information content (AvgIpc) is 2.88. The van der Waals surface area contributed by atoms with Crippen LogP contribution in [0, 0.1) is 0 Å². The molecule has 0 atom stereocenters.